The lowest BCUT2D eigenvalue weighted by atomic mass is 10.0. The molecule has 1 atom stereocenters. The van der Waals surface area contributed by atoms with E-state index in [2.05, 4.69) is 4.98 Å². The van der Waals surface area contributed by atoms with E-state index in [1.54, 1.807) is 32.2 Å². The van der Waals surface area contributed by atoms with Crippen molar-refractivity contribution in [1.29, 1.82) is 0 Å². The molecule has 0 saturated carbocycles. The molecule has 5 nitrogen and oxygen atoms in total. The molecule has 0 radical (unpaired) electrons. The average molecular weight is 387 g/mol. The number of carbonyl (C=O) groups is 1. The van der Waals surface area contributed by atoms with Gasteiger partial charge in [-0.1, -0.05) is 6.07 Å². The molecule has 0 spiro atoms. The van der Waals surface area contributed by atoms with Crippen molar-refractivity contribution in [2.75, 3.05) is 26.5 Å². The third-order valence-electron chi connectivity index (χ3n) is 4.81. The summed E-state index contributed by atoms with van der Waals surface area (Å²) in [4.78, 5) is 19.1. The number of nitrogens with zero attached hydrogens (tertiary/aromatic N) is 2. The fourth-order valence-corrected chi connectivity index (χ4v) is 4.29. The summed E-state index contributed by atoms with van der Waals surface area (Å²) < 4.78 is 10.8. The Kier molecular flexibility index (Phi) is 6.98. The number of rotatable bonds is 8. The highest BCUT2D eigenvalue weighted by molar-refractivity contribution is 7.98. The molecular formula is C21H26N2O3S. The maximum Gasteiger partial charge on any atom is 0.223 e. The number of aromatic nitrogens is 1. The summed E-state index contributed by atoms with van der Waals surface area (Å²) in [5, 5.41) is 0. The van der Waals surface area contributed by atoms with Crippen LogP contribution in [0.2, 0.25) is 0 Å². The standard InChI is InChI=1S/C21H26N2O3S/c1-25-17-8-9-18(20(14-17)26-2)19-7-5-12-23(19)21(24)10-13-27-15-16-6-3-4-11-22-16/h3-4,6,8-9,11,14,19H,5,7,10,12-13,15H2,1-2H3. The number of carbonyl (C=O) groups excluding carboxylic acids is 1. The van der Waals surface area contributed by atoms with Crippen molar-refractivity contribution in [2.24, 2.45) is 0 Å². The Bertz CT molecular complexity index is 754. The highest BCUT2D eigenvalue weighted by Crippen LogP contribution is 2.39. The van der Waals surface area contributed by atoms with Gasteiger partial charge in [0.15, 0.2) is 0 Å². The molecule has 144 valence electrons. The zero-order valence-corrected chi connectivity index (χ0v) is 16.7. The Morgan fingerprint density at radius 2 is 2.15 bits per heavy atom. The molecule has 1 saturated heterocycles. The lowest BCUT2D eigenvalue weighted by molar-refractivity contribution is -0.131. The van der Waals surface area contributed by atoms with Gasteiger partial charge in [-0.15, -0.1) is 0 Å². The second-order valence-corrected chi connectivity index (χ2v) is 7.58. The van der Waals surface area contributed by atoms with Gasteiger partial charge in [0.1, 0.15) is 11.5 Å². The molecule has 1 aromatic carbocycles. The van der Waals surface area contributed by atoms with Crippen molar-refractivity contribution in [1.82, 2.24) is 9.88 Å². The first-order valence-corrected chi connectivity index (χ1v) is 10.4. The predicted octanol–water partition coefficient (Wildman–Crippen LogP) is 4.09. The fraction of sp³-hybridized carbons (Fsp3) is 0.429. The molecular weight excluding hydrogens is 360 g/mol. The maximum absolute atomic E-state index is 12.8. The average Bonchev–Trinajstić information content (AvgIpc) is 3.21. The number of benzene rings is 1. The summed E-state index contributed by atoms with van der Waals surface area (Å²) in [5.41, 5.74) is 2.11. The van der Waals surface area contributed by atoms with Crippen LogP contribution >= 0.6 is 11.8 Å². The van der Waals surface area contributed by atoms with Gasteiger partial charge in [0.05, 0.1) is 26.0 Å². The van der Waals surface area contributed by atoms with E-state index in [9.17, 15) is 4.79 Å². The van der Waals surface area contributed by atoms with Crippen molar-refractivity contribution in [2.45, 2.75) is 31.1 Å². The van der Waals surface area contributed by atoms with Gasteiger partial charge in [-0.2, -0.15) is 11.8 Å². The van der Waals surface area contributed by atoms with E-state index in [1.165, 1.54) is 0 Å². The molecule has 6 heteroatoms. The second kappa shape index (κ2) is 9.65. The van der Waals surface area contributed by atoms with Crippen LogP contribution < -0.4 is 9.47 Å². The first kappa shape index (κ1) is 19.5. The molecule has 3 rings (SSSR count). The van der Waals surface area contributed by atoms with E-state index in [1.807, 2.05) is 41.3 Å². The van der Waals surface area contributed by atoms with Crippen LogP contribution in [0, 0.1) is 0 Å². The van der Waals surface area contributed by atoms with Gasteiger partial charge >= 0.3 is 0 Å². The normalized spacial score (nSPS) is 16.4. The van der Waals surface area contributed by atoms with Crippen LogP contribution in [0.25, 0.3) is 0 Å². The molecule has 0 bridgehead atoms. The molecule has 0 N–H and O–H groups in total. The number of amides is 1. The van der Waals surface area contributed by atoms with Gasteiger partial charge < -0.3 is 14.4 Å². The number of thioether (sulfide) groups is 1. The summed E-state index contributed by atoms with van der Waals surface area (Å²) in [6, 6.07) is 11.8. The predicted molar refractivity (Wildman–Crippen MR) is 108 cm³/mol. The number of hydrogen-bond donors (Lipinski definition) is 0. The van der Waals surface area contributed by atoms with E-state index >= 15 is 0 Å². The Hall–Kier alpha value is -2.21. The molecule has 1 aliphatic rings. The van der Waals surface area contributed by atoms with Crippen molar-refractivity contribution in [3.63, 3.8) is 0 Å². The smallest absolute Gasteiger partial charge is 0.223 e. The number of hydrogen-bond acceptors (Lipinski definition) is 5. The SMILES string of the molecule is COc1ccc(C2CCCN2C(=O)CCSCc2ccccn2)c(OC)c1. The number of likely N-dealkylation sites (tertiary alicyclic amines) is 1. The summed E-state index contributed by atoms with van der Waals surface area (Å²) >= 11 is 1.75. The fourth-order valence-electron chi connectivity index (χ4n) is 3.45. The van der Waals surface area contributed by atoms with Crippen LogP contribution in [0.1, 0.15) is 36.6 Å². The van der Waals surface area contributed by atoms with Gasteiger partial charge in [0.2, 0.25) is 5.91 Å². The minimum atomic E-state index is 0.0825. The zero-order chi connectivity index (χ0) is 19.1. The zero-order valence-electron chi connectivity index (χ0n) is 15.9. The molecule has 1 amide bonds. The second-order valence-electron chi connectivity index (χ2n) is 6.48. The molecule has 1 unspecified atom stereocenters. The third kappa shape index (κ3) is 4.95. The van der Waals surface area contributed by atoms with E-state index in [-0.39, 0.29) is 11.9 Å². The van der Waals surface area contributed by atoms with Crippen molar-refractivity contribution >= 4 is 17.7 Å². The van der Waals surface area contributed by atoms with Crippen LogP contribution in [0.3, 0.4) is 0 Å². The summed E-state index contributed by atoms with van der Waals surface area (Å²) in [7, 11) is 3.30. The summed E-state index contributed by atoms with van der Waals surface area (Å²) in [5.74, 6) is 3.40. The van der Waals surface area contributed by atoms with Crippen molar-refractivity contribution < 1.29 is 14.3 Å². The van der Waals surface area contributed by atoms with Gasteiger partial charge in [0.25, 0.3) is 0 Å². The van der Waals surface area contributed by atoms with Gasteiger partial charge in [-0.25, -0.2) is 0 Å². The van der Waals surface area contributed by atoms with Crippen molar-refractivity contribution in [3.8, 4) is 11.5 Å². The van der Waals surface area contributed by atoms with E-state index in [0.29, 0.717) is 6.42 Å². The highest BCUT2D eigenvalue weighted by Gasteiger charge is 2.31. The molecule has 1 fully saturated rings. The highest BCUT2D eigenvalue weighted by atomic mass is 32.2. The van der Waals surface area contributed by atoms with E-state index in [4.69, 9.17) is 9.47 Å². The van der Waals surface area contributed by atoms with Crippen molar-refractivity contribution in [3.05, 3.63) is 53.9 Å². The van der Waals surface area contributed by atoms with Gasteiger partial charge in [-0.3, -0.25) is 9.78 Å². The Balaban J connectivity index is 1.58. The molecule has 27 heavy (non-hydrogen) atoms. The van der Waals surface area contributed by atoms with Crippen LogP contribution in [0.5, 0.6) is 11.5 Å². The minimum absolute atomic E-state index is 0.0825. The minimum Gasteiger partial charge on any atom is -0.497 e. The van der Waals surface area contributed by atoms with Gasteiger partial charge in [-0.05, 0) is 37.1 Å². The third-order valence-corrected chi connectivity index (χ3v) is 5.80. The number of methoxy groups -OCH3 is 2. The van der Waals surface area contributed by atoms with E-state index < -0.39 is 0 Å². The van der Waals surface area contributed by atoms with E-state index in [0.717, 1.165) is 53.6 Å². The number of ether oxygens (including phenoxy) is 2. The molecule has 1 aliphatic heterocycles. The van der Waals surface area contributed by atoms with Crippen LogP contribution in [0.4, 0.5) is 0 Å². The lowest BCUT2D eigenvalue weighted by Gasteiger charge is -2.26. The Morgan fingerprint density at radius 3 is 2.89 bits per heavy atom. The largest absolute Gasteiger partial charge is 0.497 e. The van der Waals surface area contributed by atoms with Crippen LogP contribution in [-0.4, -0.2) is 42.3 Å². The topological polar surface area (TPSA) is 51.7 Å². The Morgan fingerprint density at radius 1 is 1.26 bits per heavy atom. The maximum atomic E-state index is 12.8. The monoisotopic (exact) mass is 386 g/mol. The molecule has 0 aliphatic carbocycles. The molecule has 2 heterocycles. The van der Waals surface area contributed by atoms with Crippen LogP contribution in [0.15, 0.2) is 42.6 Å². The number of pyridine rings is 1. The molecule has 1 aromatic heterocycles. The summed E-state index contributed by atoms with van der Waals surface area (Å²) in [6.07, 6.45) is 4.34. The van der Waals surface area contributed by atoms with Crippen LogP contribution in [-0.2, 0) is 10.5 Å². The molecule has 2 aromatic rings. The van der Waals surface area contributed by atoms with Gasteiger partial charge in [0, 0.05) is 42.3 Å². The first-order valence-electron chi connectivity index (χ1n) is 9.22. The summed E-state index contributed by atoms with van der Waals surface area (Å²) in [6.45, 7) is 0.809. The Labute approximate surface area is 165 Å². The first-order chi connectivity index (χ1) is 13.2. The quantitative estimate of drug-likeness (QED) is 0.640. The lowest BCUT2D eigenvalue weighted by Crippen LogP contribution is -2.31.